The summed E-state index contributed by atoms with van der Waals surface area (Å²) < 4.78 is 4.12. The lowest BCUT2D eigenvalue weighted by Crippen LogP contribution is -2.46. The molecule has 2 aromatic heterocycles. The van der Waals surface area contributed by atoms with E-state index in [-0.39, 0.29) is 11.5 Å². The Hall–Kier alpha value is -2.93. The average Bonchev–Trinajstić information content (AvgIpc) is 3.03. The molecule has 2 bridgehead atoms. The molecule has 2 aliphatic rings. The maximum absolute atomic E-state index is 12.3. The Kier molecular flexibility index (Phi) is 5.37. The van der Waals surface area contributed by atoms with Gasteiger partial charge in [-0.2, -0.15) is 0 Å². The van der Waals surface area contributed by atoms with Gasteiger partial charge in [-0.3, -0.25) is 14.5 Å². The van der Waals surface area contributed by atoms with E-state index in [0.29, 0.717) is 24.2 Å². The Morgan fingerprint density at radius 3 is 2.84 bits per heavy atom. The fourth-order valence-corrected chi connectivity index (χ4v) is 5.38. The summed E-state index contributed by atoms with van der Waals surface area (Å²) in [5, 5.41) is 2.99. The molecule has 1 saturated heterocycles. The Morgan fingerprint density at radius 1 is 1.19 bits per heavy atom. The van der Waals surface area contributed by atoms with Crippen molar-refractivity contribution >= 4 is 22.6 Å². The second kappa shape index (κ2) is 8.20. The van der Waals surface area contributed by atoms with Gasteiger partial charge in [0.2, 0.25) is 5.91 Å². The number of imidazole rings is 1. The molecule has 2 atom stereocenters. The maximum Gasteiger partial charge on any atom is 0.250 e. The van der Waals surface area contributed by atoms with Crippen molar-refractivity contribution in [3.63, 3.8) is 0 Å². The van der Waals surface area contributed by atoms with Gasteiger partial charge < -0.3 is 14.5 Å². The zero-order valence-electron chi connectivity index (χ0n) is 19.0. The zero-order chi connectivity index (χ0) is 22.4. The van der Waals surface area contributed by atoms with Crippen molar-refractivity contribution in [2.75, 3.05) is 18.4 Å². The van der Waals surface area contributed by atoms with Crippen LogP contribution in [0.3, 0.4) is 0 Å². The molecule has 168 valence electrons. The Morgan fingerprint density at radius 2 is 2.03 bits per heavy atom. The van der Waals surface area contributed by atoms with E-state index >= 15 is 0 Å². The van der Waals surface area contributed by atoms with Gasteiger partial charge in [0, 0.05) is 56.5 Å². The van der Waals surface area contributed by atoms with Crippen molar-refractivity contribution in [2.24, 2.45) is 18.9 Å². The summed E-state index contributed by atoms with van der Waals surface area (Å²) in [5.41, 5.74) is 4.06. The third-order valence-corrected chi connectivity index (χ3v) is 6.77. The number of hydrogen-bond acceptors (Lipinski definition) is 4. The predicted molar refractivity (Wildman–Crippen MR) is 126 cm³/mol. The number of nitrogens with one attached hydrogen (secondary N) is 1. The molecule has 5 rings (SSSR count). The van der Waals surface area contributed by atoms with Crippen LogP contribution >= 0.6 is 0 Å². The van der Waals surface area contributed by atoms with Gasteiger partial charge in [0.25, 0.3) is 5.56 Å². The van der Waals surface area contributed by atoms with E-state index in [0.717, 1.165) is 55.1 Å². The SMILES string of the molecule is CC(C)CC(=O)Nc1ccc2c(c1)nc(CN1C[C@@H]3C[C@H](C1)c1cccc(=O)n1C3)n2C. The summed E-state index contributed by atoms with van der Waals surface area (Å²) in [5.74, 6) is 2.29. The van der Waals surface area contributed by atoms with E-state index in [9.17, 15) is 9.59 Å². The summed E-state index contributed by atoms with van der Waals surface area (Å²) in [4.78, 5) is 31.8. The van der Waals surface area contributed by atoms with E-state index in [1.165, 1.54) is 5.69 Å². The maximum atomic E-state index is 12.3. The van der Waals surface area contributed by atoms with Crippen molar-refractivity contribution in [2.45, 2.75) is 45.7 Å². The normalized spacial score (nSPS) is 20.5. The van der Waals surface area contributed by atoms with Crippen LogP contribution in [0.25, 0.3) is 11.0 Å². The smallest absolute Gasteiger partial charge is 0.250 e. The number of piperidine rings is 1. The molecule has 0 spiro atoms. The minimum absolute atomic E-state index is 0.0368. The van der Waals surface area contributed by atoms with E-state index < -0.39 is 0 Å². The quantitative estimate of drug-likeness (QED) is 0.670. The first-order chi connectivity index (χ1) is 15.4. The van der Waals surface area contributed by atoms with Gasteiger partial charge in [0.05, 0.1) is 17.6 Å². The molecule has 0 aliphatic carbocycles. The number of benzene rings is 1. The van der Waals surface area contributed by atoms with Gasteiger partial charge in [0.15, 0.2) is 0 Å². The van der Waals surface area contributed by atoms with Crippen LogP contribution in [0.5, 0.6) is 0 Å². The first kappa shape index (κ1) is 20.9. The van der Waals surface area contributed by atoms with Crippen LogP contribution in [0.15, 0.2) is 41.2 Å². The van der Waals surface area contributed by atoms with Crippen LogP contribution in [0, 0.1) is 11.8 Å². The number of rotatable bonds is 5. The Balaban J connectivity index is 1.34. The fourth-order valence-electron chi connectivity index (χ4n) is 5.38. The number of aromatic nitrogens is 3. The van der Waals surface area contributed by atoms with Crippen LogP contribution in [0.2, 0.25) is 0 Å². The number of likely N-dealkylation sites (tertiary alicyclic amines) is 1. The predicted octanol–water partition coefficient (Wildman–Crippen LogP) is 3.34. The highest BCUT2D eigenvalue weighted by Crippen LogP contribution is 2.35. The first-order valence-electron chi connectivity index (χ1n) is 11.5. The number of pyridine rings is 1. The highest BCUT2D eigenvalue weighted by molar-refractivity contribution is 5.93. The molecular weight excluding hydrogens is 402 g/mol. The molecule has 32 heavy (non-hydrogen) atoms. The molecule has 1 N–H and O–H groups in total. The second-order valence-electron chi connectivity index (χ2n) is 9.83. The molecule has 3 aromatic rings. The topological polar surface area (TPSA) is 72.2 Å². The lowest BCUT2D eigenvalue weighted by Gasteiger charge is -2.42. The molecule has 7 heteroatoms. The minimum atomic E-state index is 0.0368. The van der Waals surface area contributed by atoms with Gasteiger partial charge in [-0.1, -0.05) is 19.9 Å². The molecule has 1 aromatic carbocycles. The van der Waals surface area contributed by atoms with E-state index in [4.69, 9.17) is 4.98 Å². The number of fused-ring (bicyclic) bond motifs is 5. The molecule has 1 fully saturated rings. The van der Waals surface area contributed by atoms with Crippen LogP contribution in [-0.2, 0) is 24.9 Å². The van der Waals surface area contributed by atoms with Crippen molar-refractivity contribution in [3.8, 4) is 0 Å². The second-order valence-corrected chi connectivity index (χ2v) is 9.83. The third-order valence-electron chi connectivity index (χ3n) is 6.77. The van der Waals surface area contributed by atoms with E-state index in [1.54, 1.807) is 6.07 Å². The monoisotopic (exact) mass is 433 g/mol. The molecule has 0 unspecified atom stereocenters. The highest BCUT2D eigenvalue weighted by Gasteiger charge is 2.34. The molecule has 7 nitrogen and oxygen atoms in total. The fraction of sp³-hybridized carbons (Fsp3) is 0.480. The number of anilines is 1. The highest BCUT2D eigenvalue weighted by atomic mass is 16.1. The number of amides is 1. The molecule has 0 saturated carbocycles. The molecule has 4 heterocycles. The summed E-state index contributed by atoms with van der Waals surface area (Å²) in [6.45, 7) is 7.60. The van der Waals surface area contributed by atoms with E-state index in [2.05, 4.69) is 27.9 Å². The average molecular weight is 434 g/mol. The van der Waals surface area contributed by atoms with Crippen LogP contribution in [0.1, 0.15) is 44.1 Å². The van der Waals surface area contributed by atoms with Crippen molar-refractivity contribution < 1.29 is 4.79 Å². The third kappa shape index (κ3) is 3.97. The number of aryl methyl sites for hydroxylation is 1. The lowest BCUT2D eigenvalue weighted by atomic mass is 9.83. The molecular formula is C25H31N5O2. The van der Waals surface area contributed by atoms with Crippen molar-refractivity contribution in [1.29, 1.82) is 0 Å². The zero-order valence-corrected chi connectivity index (χ0v) is 19.0. The van der Waals surface area contributed by atoms with Crippen molar-refractivity contribution in [1.82, 2.24) is 19.0 Å². The lowest BCUT2D eigenvalue weighted by molar-refractivity contribution is -0.116. The van der Waals surface area contributed by atoms with Gasteiger partial charge in [-0.25, -0.2) is 4.98 Å². The van der Waals surface area contributed by atoms with Gasteiger partial charge in [-0.15, -0.1) is 0 Å². The summed E-state index contributed by atoms with van der Waals surface area (Å²) >= 11 is 0. The summed E-state index contributed by atoms with van der Waals surface area (Å²) in [6, 6.07) is 11.6. The number of nitrogens with zero attached hydrogens (tertiary/aromatic N) is 4. The largest absolute Gasteiger partial charge is 0.330 e. The van der Waals surface area contributed by atoms with Crippen LogP contribution in [-0.4, -0.2) is 38.0 Å². The Bertz CT molecular complexity index is 1220. The molecule has 1 amide bonds. The van der Waals surface area contributed by atoms with Crippen molar-refractivity contribution in [3.05, 3.63) is 58.3 Å². The number of hydrogen-bond donors (Lipinski definition) is 1. The van der Waals surface area contributed by atoms with Gasteiger partial charge in [-0.05, 0) is 42.5 Å². The van der Waals surface area contributed by atoms with Gasteiger partial charge in [0.1, 0.15) is 5.82 Å². The molecule has 2 aliphatic heterocycles. The van der Waals surface area contributed by atoms with E-state index in [1.807, 2.05) is 42.7 Å². The van der Waals surface area contributed by atoms with Crippen LogP contribution < -0.4 is 10.9 Å². The standard InChI is InChI=1S/C25H31N5O2/c1-16(2)9-24(31)26-19-7-8-22-20(11-19)27-23(28(22)3)15-29-12-17-10-18(14-29)21-5-4-6-25(32)30(21)13-17/h4-8,11,16-18H,9-10,12-15H2,1-3H3,(H,26,31)/t17-,18+/m0/s1. The summed E-state index contributed by atoms with van der Waals surface area (Å²) in [7, 11) is 2.06. The Labute approximate surface area is 188 Å². The number of carbonyl (C=O) groups excluding carboxylic acids is 1. The molecule has 0 radical (unpaired) electrons. The van der Waals surface area contributed by atoms with Crippen LogP contribution in [0.4, 0.5) is 5.69 Å². The summed E-state index contributed by atoms with van der Waals surface area (Å²) in [6.07, 6.45) is 1.67. The minimum Gasteiger partial charge on any atom is -0.330 e. The van der Waals surface area contributed by atoms with Gasteiger partial charge >= 0.3 is 0 Å². The number of carbonyl (C=O) groups is 1. The first-order valence-corrected chi connectivity index (χ1v) is 11.5.